The predicted molar refractivity (Wildman–Crippen MR) is 183 cm³/mol. The summed E-state index contributed by atoms with van der Waals surface area (Å²) in [7, 11) is 1.05. The van der Waals surface area contributed by atoms with Crippen LogP contribution in [-0.4, -0.2) is 71.1 Å². The molecule has 4 aromatic rings. The summed E-state index contributed by atoms with van der Waals surface area (Å²) < 4.78 is 88.7. The lowest BCUT2D eigenvalue weighted by molar-refractivity contribution is -0.154. The number of carbonyl (C=O) groups is 4. The maximum atomic E-state index is 13.8. The highest BCUT2D eigenvalue weighted by molar-refractivity contribution is 6.39. The first-order valence-corrected chi connectivity index (χ1v) is 16.4. The summed E-state index contributed by atoms with van der Waals surface area (Å²) in [5, 5.41) is 12.9. The molecule has 1 heterocycles. The predicted octanol–water partition coefficient (Wildman–Crippen LogP) is 5.14. The van der Waals surface area contributed by atoms with Gasteiger partial charge in [-0.3, -0.25) is 14.4 Å². The molecule has 5 N–H and O–H groups in total. The molecule has 1 aliphatic carbocycles. The van der Waals surface area contributed by atoms with Crippen molar-refractivity contribution in [3.8, 4) is 6.01 Å². The van der Waals surface area contributed by atoms with Crippen LogP contribution >= 0.6 is 11.6 Å². The Hall–Kier alpha value is -6.18. The molecule has 5 rings (SSSR count). The van der Waals surface area contributed by atoms with E-state index in [2.05, 4.69) is 36.2 Å². The van der Waals surface area contributed by atoms with Crippen LogP contribution in [-0.2, 0) is 24.7 Å². The Balaban J connectivity index is 1.21. The minimum atomic E-state index is -4.67. The van der Waals surface area contributed by atoms with E-state index in [1.807, 2.05) is 12.1 Å². The van der Waals surface area contributed by atoms with Crippen molar-refractivity contribution >= 4 is 58.6 Å². The lowest BCUT2D eigenvalue weighted by atomic mass is 10.1. The molecule has 0 bridgehead atoms. The number of hydrogen-bond donors (Lipinski definition) is 5. The van der Waals surface area contributed by atoms with Crippen LogP contribution in [0.5, 0.6) is 6.01 Å². The number of hydrogen-bond acceptors (Lipinski definition) is 11. The Labute approximate surface area is 312 Å². The van der Waals surface area contributed by atoms with Crippen LogP contribution in [0.4, 0.5) is 49.6 Å². The highest BCUT2D eigenvalue weighted by Crippen LogP contribution is 2.48. The molecular formula is C34H29ClF6N8O6. The van der Waals surface area contributed by atoms with E-state index in [4.69, 9.17) is 21.1 Å². The van der Waals surface area contributed by atoms with E-state index in [0.717, 1.165) is 12.7 Å². The van der Waals surface area contributed by atoms with E-state index in [0.29, 0.717) is 29.6 Å². The summed E-state index contributed by atoms with van der Waals surface area (Å²) >= 11 is 6.01. The van der Waals surface area contributed by atoms with Crippen LogP contribution in [0.25, 0.3) is 0 Å². The molecule has 1 aliphatic rings. The van der Waals surface area contributed by atoms with E-state index in [1.54, 1.807) is 17.4 Å². The molecule has 3 amide bonds. The van der Waals surface area contributed by atoms with Gasteiger partial charge in [0, 0.05) is 35.0 Å². The third kappa shape index (κ3) is 10.9. The molecule has 1 atom stereocenters. The number of carbonyl (C=O) groups excluding carboxylic acids is 4. The first-order chi connectivity index (χ1) is 26.0. The van der Waals surface area contributed by atoms with Crippen LogP contribution in [0, 0.1) is 17.5 Å². The number of rotatable bonds is 14. The Kier molecular flexibility index (Phi) is 12.3. The summed E-state index contributed by atoms with van der Waals surface area (Å²) in [5.74, 6) is -8.94. The van der Waals surface area contributed by atoms with E-state index in [-0.39, 0.29) is 36.5 Å². The number of aromatic nitrogens is 3. The van der Waals surface area contributed by atoms with Gasteiger partial charge in [-0.2, -0.15) is 28.1 Å². The number of halogens is 7. The van der Waals surface area contributed by atoms with Crippen molar-refractivity contribution in [2.45, 2.75) is 37.0 Å². The third-order valence-electron chi connectivity index (χ3n) is 7.85. The average molecular weight is 795 g/mol. The second kappa shape index (κ2) is 16.9. The summed E-state index contributed by atoms with van der Waals surface area (Å²) in [5.41, 5.74) is -0.174. The van der Waals surface area contributed by atoms with Crippen LogP contribution < -0.4 is 31.3 Å². The van der Waals surface area contributed by atoms with Crippen molar-refractivity contribution in [3.05, 3.63) is 94.3 Å². The third-order valence-corrected chi connectivity index (χ3v) is 8.11. The van der Waals surface area contributed by atoms with Crippen molar-refractivity contribution in [3.63, 3.8) is 0 Å². The maximum Gasteiger partial charge on any atom is 0.422 e. The second-order valence-corrected chi connectivity index (χ2v) is 12.3. The highest BCUT2D eigenvalue weighted by Gasteiger charge is 2.45. The molecule has 0 saturated heterocycles. The number of methoxy groups -OCH3 is 1. The monoisotopic (exact) mass is 794 g/mol. The zero-order chi connectivity index (χ0) is 39.9. The Morgan fingerprint density at radius 2 is 1.53 bits per heavy atom. The number of nitrogens with zero attached hydrogens (tertiary/aromatic N) is 3. The Morgan fingerprint density at radius 3 is 2.16 bits per heavy atom. The number of alkyl halides is 3. The maximum absolute atomic E-state index is 13.8. The van der Waals surface area contributed by atoms with Gasteiger partial charge in [-0.15, -0.1) is 0 Å². The summed E-state index contributed by atoms with van der Waals surface area (Å²) in [6.07, 6.45) is -3.58. The topological polar surface area (TPSA) is 186 Å². The minimum absolute atomic E-state index is 0.0438. The molecule has 21 heteroatoms. The molecular weight excluding hydrogens is 766 g/mol. The fourth-order valence-electron chi connectivity index (χ4n) is 4.95. The number of nitrogens with one attached hydrogen (secondary N) is 5. The molecule has 3 aromatic carbocycles. The number of anilines is 4. The Morgan fingerprint density at radius 1 is 0.873 bits per heavy atom. The molecule has 290 valence electrons. The molecule has 0 spiro atoms. The molecule has 55 heavy (non-hydrogen) atoms. The van der Waals surface area contributed by atoms with Crippen molar-refractivity contribution < 1.29 is 55.0 Å². The number of benzene rings is 3. The van der Waals surface area contributed by atoms with Gasteiger partial charge in [0.25, 0.3) is 5.91 Å². The van der Waals surface area contributed by atoms with E-state index < -0.39 is 77.2 Å². The molecule has 0 unspecified atom stereocenters. The molecule has 14 nitrogen and oxygen atoms in total. The smallest absolute Gasteiger partial charge is 0.422 e. The van der Waals surface area contributed by atoms with Gasteiger partial charge in [0.2, 0.25) is 11.9 Å². The van der Waals surface area contributed by atoms with Gasteiger partial charge >= 0.3 is 30.0 Å². The molecule has 0 aliphatic heterocycles. The van der Waals surface area contributed by atoms with Gasteiger partial charge in [-0.05, 0) is 61.2 Å². The van der Waals surface area contributed by atoms with Gasteiger partial charge < -0.3 is 36.1 Å². The normalized spacial score (nSPS) is 13.5. The van der Waals surface area contributed by atoms with Gasteiger partial charge in [0.05, 0.1) is 18.3 Å². The van der Waals surface area contributed by atoms with Gasteiger partial charge in [0.15, 0.2) is 18.2 Å². The molecule has 0 radical (unpaired) electrons. The van der Waals surface area contributed by atoms with Crippen molar-refractivity contribution in [1.29, 1.82) is 0 Å². The van der Waals surface area contributed by atoms with E-state index in [1.165, 1.54) is 24.3 Å². The fourth-order valence-corrected chi connectivity index (χ4v) is 5.07. The Bertz CT molecular complexity index is 2070. The molecule has 1 aromatic heterocycles. The van der Waals surface area contributed by atoms with Crippen LogP contribution in [0.15, 0.2) is 60.7 Å². The highest BCUT2D eigenvalue weighted by atomic mass is 35.5. The number of esters is 1. The van der Waals surface area contributed by atoms with E-state index >= 15 is 0 Å². The zero-order valence-corrected chi connectivity index (χ0v) is 29.1. The quantitative estimate of drug-likeness (QED) is 0.0493. The zero-order valence-electron chi connectivity index (χ0n) is 28.3. The molecule has 1 saturated carbocycles. The van der Waals surface area contributed by atoms with Crippen LogP contribution in [0.3, 0.4) is 0 Å². The lowest BCUT2D eigenvalue weighted by Gasteiger charge is -2.19. The fraction of sp³-hybridized carbons (Fsp3) is 0.265. The second-order valence-electron chi connectivity index (χ2n) is 11.9. The van der Waals surface area contributed by atoms with Gasteiger partial charge in [-0.1, -0.05) is 23.7 Å². The van der Waals surface area contributed by atoms with Crippen LogP contribution in [0.1, 0.15) is 35.2 Å². The summed E-state index contributed by atoms with van der Waals surface area (Å²) in [6, 6.07) is 11.1. The first-order valence-electron chi connectivity index (χ1n) is 16.0. The van der Waals surface area contributed by atoms with Crippen molar-refractivity contribution in [1.82, 2.24) is 25.6 Å². The van der Waals surface area contributed by atoms with Crippen LogP contribution in [0.2, 0.25) is 5.02 Å². The number of ether oxygens (including phenoxy) is 2. The minimum Gasteiger partial charge on any atom is -0.467 e. The van der Waals surface area contributed by atoms with Crippen molar-refractivity contribution in [2.24, 2.45) is 0 Å². The van der Waals surface area contributed by atoms with Gasteiger partial charge in [0.1, 0.15) is 11.9 Å². The van der Waals surface area contributed by atoms with Crippen molar-refractivity contribution in [2.75, 3.05) is 36.2 Å². The standard InChI is InChI=1S/C34H29ClF6N8O6/c1-54-29(53)24(10-13-42-27(51)28(52)45-25-15-22(37)21(36)14-23(25)38)44-26(50)17-2-8-20(9-3-17)43-30-46-31(48-32(47-30)55-16-34(39,40)41)49-33(11-12-33)18-4-6-19(35)7-5-18/h2-9,14-15,24H,10-13,16H2,1H3,(H,42,51)(H,44,50)(H,45,52)(H2,43,46,47,48,49)/t24-/m0/s1. The largest absolute Gasteiger partial charge is 0.467 e. The first kappa shape index (κ1) is 40.0. The van der Waals surface area contributed by atoms with Gasteiger partial charge in [-0.25, -0.2) is 18.0 Å². The molecule has 1 fully saturated rings. The summed E-state index contributed by atoms with van der Waals surface area (Å²) in [6.45, 7) is -2.02. The number of amides is 3. The average Bonchev–Trinajstić information content (AvgIpc) is 3.92. The summed E-state index contributed by atoms with van der Waals surface area (Å²) in [4.78, 5) is 61.9. The lowest BCUT2D eigenvalue weighted by Crippen LogP contribution is -2.44. The van der Waals surface area contributed by atoms with E-state index in [9.17, 15) is 45.5 Å². The SMILES string of the molecule is COC(=O)[C@H](CCNC(=O)C(=O)Nc1cc(F)c(F)cc1F)NC(=O)c1ccc(Nc2nc(NC3(c4ccc(Cl)cc4)CC3)nc(OCC(F)(F)F)n2)cc1.